The summed E-state index contributed by atoms with van der Waals surface area (Å²) in [5.41, 5.74) is 2.13. The zero-order valence-corrected chi connectivity index (χ0v) is 11.8. The van der Waals surface area contributed by atoms with Gasteiger partial charge in [-0.3, -0.25) is 4.79 Å². The third-order valence-corrected chi connectivity index (χ3v) is 3.34. The van der Waals surface area contributed by atoms with Crippen molar-refractivity contribution >= 4 is 5.91 Å². The maximum Gasteiger partial charge on any atom is 0.224 e. The van der Waals surface area contributed by atoms with Crippen LogP contribution < -0.4 is 5.32 Å². The van der Waals surface area contributed by atoms with Gasteiger partial charge in [0.2, 0.25) is 5.91 Å². The van der Waals surface area contributed by atoms with E-state index in [1.807, 2.05) is 60.7 Å². The molecule has 3 heteroatoms. The quantitative estimate of drug-likeness (QED) is 0.882. The Bertz CT molecular complexity index is 602. The molecule has 2 aromatic carbocycles. The Morgan fingerprint density at radius 2 is 1.57 bits per heavy atom. The molecule has 0 aliphatic heterocycles. The first-order valence-corrected chi connectivity index (χ1v) is 7.02. The van der Waals surface area contributed by atoms with Gasteiger partial charge < -0.3 is 5.32 Å². The molecule has 1 atom stereocenters. The number of nitrogens with zero attached hydrogens (tertiary/aromatic N) is 1. The number of hydrogen-bond acceptors (Lipinski definition) is 2. The first-order chi connectivity index (χ1) is 10.3. The van der Waals surface area contributed by atoms with Gasteiger partial charge in [0.15, 0.2) is 0 Å². The molecule has 1 N–H and O–H groups in total. The maximum atomic E-state index is 12.2. The molecular weight excluding hydrogens is 260 g/mol. The first-order valence-electron chi connectivity index (χ1n) is 7.02. The van der Waals surface area contributed by atoms with Crippen molar-refractivity contribution in [1.82, 2.24) is 5.32 Å². The Kier molecular flexibility index (Phi) is 5.54. The predicted octanol–water partition coefficient (Wildman–Crippen LogP) is 3.08. The van der Waals surface area contributed by atoms with Crippen LogP contribution in [0.25, 0.3) is 0 Å². The fourth-order valence-corrected chi connectivity index (χ4v) is 2.20. The molecule has 0 heterocycles. The Labute approximate surface area is 125 Å². The molecule has 0 bridgehead atoms. The number of benzene rings is 2. The monoisotopic (exact) mass is 278 g/mol. The minimum atomic E-state index is -0.305. The fraction of sp³-hybridized carbons (Fsp3) is 0.222. The highest BCUT2D eigenvalue weighted by Crippen LogP contribution is 2.12. The standard InChI is InChI=1S/C18H18N2O/c19-12-11-17(13-15-7-3-1-4-8-15)18(21)20-14-16-9-5-2-6-10-16/h1-10,17H,11,13-14H2,(H,20,21)/t17-/m0/s1. The largest absolute Gasteiger partial charge is 0.352 e. The molecular formula is C18H18N2O. The molecule has 0 fully saturated rings. The summed E-state index contributed by atoms with van der Waals surface area (Å²) in [6.45, 7) is 0.496. The number of nitrogens with one attached hydrogen (secondary N) is 1. The lowest BCUT2D eigenvalue weighted by Gasteiger charge is -2.14. The lowest BCUT2D eigenvalue weighted by molar-refractivity contribution is -0.125. The normalized spacial score (nSPS) is 11.4. The van der Waals surface area contributed by atoms with Gasteiger partial charge in [-0.1, -0.05) is 60.7 Å². The van der Waals surface area contributed by atoms with Gasteiger partial charge in [-0.05, 0) is 17.5 Å². The van der Waals surface area contributed by atoms with E-state index in [2.05, 4.69) is 11.4 Å². The van der Waals surface area contributed by atoms with E-state index in [1.165, 1.54) is 0 Å². The van der Waals surface area contributed by atoms with E-state index < -0.39 is 0 Å². The van der Waals surface area contributed by atoms with Crippen LogP contribution in [0, 0.1) is 17.2 Å². The van der Waals surface area contributed by atoms with E-state index in [-0.39, 0.29) is 18.2 Å². The fourth-order valence-electron chi connectivity index (χ4n) is 2.20. The summed E-state index contributed by atoms with van der Waals surface area (Å²) < 4.78 is 0. The van der Waals surface area contributed by atoms with Gasteiger partial charge in [-0.2, -0.15) is 5.26 Å². The van der Waals surface area contributed by atoms with Crippen molar-refractivity contribution in [3.05, 3.63) is 71.8 Å². The van der Waals surface area contributed by atoms with Crippen molar-refractivity contribution < 1.29 is 4.79 Å². The second-order valence-corrected chi connectivity index (χ2v) is 4.95. The Morgan fingerprint density at radius 1 is 1.00 bits per heavy atom. The molecule has 2 aromatic rings. The Balaban J connectivity index is 1.94. The molecule has 2 rings (SSSR count). The average molecular weight is 278 g/mol. The Morgan fingerprint density at radius 3 is 2.14 bits per heavy atom. The van der Waals surface area contributed by atoms with Crippen molar-refractivity contribution in [1.29, 1.82) is 5.26 Å². The molecule has 0 saturated heterocycles. The zero-order valence-electron chi connectivity index (χ0n) is 11.8. The van der Waals surface area contributed by atoms with Crippen LogP contribution in [0.5, 0.6) is 0 Å². The van der Waals surface area contributed by atoms with Crippen LogP contribution in [0.2, 0.25) is 0 Å². The van der Waals surface area contributed by atoms with Crippen molar-refractivity contribution in [3.63, 3.8) is 0 Å². The van der Waals surface area contributed by atoms with Crippen molar-refractivity contribution in [2.75, 3.05) is 0 Å². The summed E-state index contributed by atoms with van der Waals surface area (Å²) in [6, 6.07) is 21.7. The molecule has 1 amide bonds. The molecule has 0 spiro atoms. The molecule has 0 unspecified atom stereocenters. The number of carbonyl (C=O) groups excluding carboxylic acids is 1. The van der Waals surface area contributed by atoms with Crippen LogP contribution in [0.4, 0.5) is 0 Å². The van der Waals surface area contributed by atoms with Gasteiger partial charge in [-0.25, -0.2) is 0 Å². The van der Waals surface area contributed by atoms with Gasteiger partial charge in [0.1, 0.15) is 0 Å². The van der Waals surface area contributed by atoms with E-state index in [9.17, 15) is 4.79 Å². The molecule has 0 radical (unpaired) electrons. The van der Waals surface area contributed by atoms with Crippen LogP contribution in [0.15, 0.2) is 60.7 Å². The first kappa shape index (κ1) is 14.8. The van der Waals surface area contributed by atoms with Gasteiger partial charge in [0, 0.05) is 13.0 Å². The molecule has 106 valence electrons. The third kappa shape index (κ3) is 4.77. The highest BCUT2D eigenvalue weighted by molar-refractivity contribution is 5.79. The summed E-state index contributed by atoms with van der Waals surface area (Å²) in [7, 11) is 0. The van der Waals surface area contributed by atoms with E-state index in [0.29, 0.717) is 13.0 Å². The number of hydrogen-bond donors (Lipinski definition) is 1. The smallest absolute Gasteiger partial charge is 0.224 e. The molecule has 0 aromatic heterocycles. The van der Waals surface area contributed by atoms with Crippen LogP contribution in [0.3, 0.4) is 0 Å². The van der Waals surface area contributed by atoms with Crippen molar-refractivity contribution in [2.24, 2.45) is 5.92 Å². The summed E-state index contributed by atoms with van der Waals surface area (Å²) >= 11 is 0. The SMILES string of the molecule is N#CC[C@@H](Cc1ccccc1)C(=O)NCc1ccccc1. The molecule has 21 heavy (non-hydrogen) atoms. The van der Waals surface area contributed by atoms with E-state index in [0.717, 1.165) is 11.1 Å². The van der Waals surface area contributed by atoms with Crippen LogP contribution in [0.1, 0.15) is 17.5 Å². The number of rotatable bonds is 6. The van der Waals surface area contributed by atoms with E-state index >= 15 is 0 Å². The van der Waals surface area contributed by atoms with Gasteiger partial charge in [-0.15, -0.1) is 0 Å². The molecule has 0 aliphatic rings. The highest BCUT2D eigenvalue weighted by atomic mass is 16.1. The average Bonchev–Trinajstić information content (AvgIpc) is 2.54. The predicted molar refractivity (Wildman–Crippen MR) is 82.2 cm³/mol. The summed E-state index contributed by atoms with van der Waals surface area (Å²) in [5, 5.41) is 11.8. The lowest BCUT2D eigenvalue weighted by atomic mass is 9.96. The topological polar surface area (TPSA) is 52.9 Å². The third-order valence-electron chi connectivity index (χ3n) is 3.34. The Hall–Kier alpha value is -2.60. The number of carbonyl (C=O) groups is 1. The van der Waals surface area contributed by atoms with Crippen LogP contribution >= 0.6 is 0 Å². The van der Waals surface area contributed by atoms with E-state index in [1.54, 1.807) is 0 Å². The molecule has 3 nitrogen and oxygen atoms in total. The van der Waals surface area contributed by atoms with Gasteiger partial charge in [0.05, 0.1) is 12.0 Å². The van der Waals surface area contributed by atoms with Crippen LogP contribution in [-0.2, 0) is 17.8 Å². The second kappa shape index (κ2) is 7.86. The summed E-state index contributed by atoms with van der Waals surface area (Å²) in [4.78, 5) is 12.2. The molecule has 0 aliphatic carbocycles. The van der Waals surface area contributed by atoms with Gasteiger partial charge >= 0.3 is 0 Å². The van der Waals surface area contributed by atoms with Crippen molar-refractivity contribution in [2.45, 2.75) is 19.4 Å². The van der Waals surface area contributed by atoms with Crippen LogP contribution in [-0.4, -0.2) is 5.91 Å². The number of amides is 1. The minimum absolute atomic E-state index is 0.0655. The summed E-state index contributed by atoms with van der Waals surface area (Å²) in [5.74, 6) is -0.370. The lowest BCUT2D eigenvalue weighted by Crippen LogP contribution is -2.31. The van der Waals surface area contributed by atoms with E-state index in [4.69, 9.17) is 5.26 Å². The number of nitriles is 1. The maximum absolute atomic E-state index is 12.2. The highest BCUT2D eigenvalue weighted by Gasteiger charge is 2.18. The second-order valence-electron chi connectivity index (χ2n) is 4.95. The summed E-state index contributed by atoms with van der Waals surface area (Å²) in [6.07, 6.45) is 0.824. The van der Waals surface area contributed by atoms with Gasteiger partial charge in [0.25, 0.3) is 0 Å². The van der Waals surface area contributed by atoms with Crippen molar-refractivity contribution in [3.8, 4) is 6.07 Å². The zero-order chi connectivity index (χ0) is 14.9. The molecule has 0 saturated carbocycles. The minimum Gasteiger partial charge on any atom is -0.352 e.